The third-order valence-corrected chi connectivity index (χ3v) is 8.16. The average molecular weight is 339 g/mol. The summed E-state index contributed by atoms with van der Waals surface area (Å²) >= 11 is 0. The predicted octanol–water partition coefficient (Wildman–Crippen LogP) is 4.33. The molecule has 3 fully saturated rings. The monoisotopic (exact) mass is 339 g/mol. The zero-order chi connectivity index (χ0) is 18.0. The van der Waals surface area contributed by atoms with Gasteiger partial charge in [0.2, 0.25) is 0 Å². The fourth-order valence-corrected chi connectivity index (χ4v) is 6.80. The number of aliphatic hydroxyl groups is 1. The van der Waals surface area contributed by atoms with Crippen molar-refractivity contribution in [1.82, 2.24) is 0 Å². The van der Waals surface area contributed by atoms with Crippen molar-refractivity contribution < 1.29 is 9.90 Å². The maximum Gasteiger partial charge on any atom is 0.138 e. The van der Waals surface area contributed by atoms with Crippen LogP contribution in [-0.4, -0.2) is 16.5 Å². The van der Waals surface area contributed by atoms with Gasteiger partial charge < -0.3 is 5.11 Å². The number of allylic oxidation sites excluding steroid dienone is 3. The number of hydrogen-bond acceptors (Lipinski definition) is 3. The lowest BCUT2D eigenvalue weighted by Gasteiger charge is -2.57. The lowest BCUT2D eigenvalue weighted by Crippen LogP contribution is -2.54. The third-order valence-electron chi connectivity index (χ3n) is 8.16. The van der Waals surface area contributed by atoms with Crippen molar-refractivity contribution in [3.63, 3.8) is 0 Å². The van der Waals surface area contributed by atoms with Gasteiger partial charge in [0.05, 0.1) is 11.7 Å². The van der Waals surface area contributed by atoms with Crippen LogP contribution in [0.4, 0.5) is 0 Å². The molecular formula is C22H29NO2. The van der Waals surface area contributed by atoms with E-state index < -0.39 is 5.60 Å². The Morgan fingerprint density at radius 2 is 2.00 bits per heavy atom. The van der Waals surface area contributed by atoms with E-state index in [2.05, 4.69) is 26.0 Å². The second-order valence-corrected chi connectivity index (χ2v) is 9.70. The van der Waals surface area contributed by atoms with Gasteiger partial charge >= 0.3 is 0 Å². The van der Waals surface area contributed by atoms with Crippen LogP contribution in [0, 0.1) is 39.9 Å². The fourth-order valence-electron chi connectivity index (χ4n) is 6.80. The second-order valence-electron chi connectivity index (χ2n) is 9.70. The highest BCUT2D eigenvalue weighted by atomic mass is 16.3. The summed E-state index contributed by atoms with van der Waals surface area (Å²) in [5.74, 6) is 1.40. The highest BCUT2D eigenvalue weighted by molar-refractivity contribution is 5.85. The van der Waals surface area contributed by atoms with Crippen molar-refractivity contribution in [2.75, 3.05) is 0 Å². The minimum Gasteiger partial charge on any atom is -0.390 e. The van der Waals surface area contributed by atoms with Crippen LogP contribution >= 0.6 is 0 Å². The van der Waals surface area contributed by atoms with Crippen LogP contribution in [-0.2, 0) is 4.79 Å². The Bertz CT molecular complexity index is 725. The Hall–Kier alpha value is -1.40. The molecule has 0 amide bonds. The van der Waals surface area contributed by atoms with Gasteiger partial charge in [0, 0.05) is 18.4 Å². The summed E-state index contributed by atoms with van der Waals surface area (Å²) in [5.41, 5.74) is 1.69. The number of nitrogens with zero attached hydrogens (tertiary/aromatic N) is 1. The van der Waals surface area contributed by atoms with Crippen LogP contribution in [0.2, 0.25) is 0 Å². The van der Waals surface area contributed by atoms with Gasteiger partial charge in [-0.2, -0.15) is 5.26 Å². The van der Waals surface area contributed by atoms with Crippen LogP contribution in [0.15, 0.2) is 23.3 Å². The van der Waals surface area contributed by atoms with E-state index in [1.807, 2.05) is 6.92 Å². The summed E-state index contributed by atoms with van der Waals surface area (Å²) in [5, 5.41) is 19.6. The molecule has 0 aromatic carbocycles. The molecule has 4 aliphatic carbocycles. The number of fused-ring (bicyclic) bond motifs is 5. The molecule has 4 aliphatic rings. The number of rotatable bonds is 0. The Balaban J connectivity index is 1.74. The van der Waals surface area contributed by atoms with Crippen LogP contribution in [0.5, 0.6) is 0 Å². The lowest BCUT2D eigenvalue weighted by atomic mass is 9.46. The summed E-state index contributed by atoms with van der Waals surface area (Å²) in [6.45, 7) is 6.41. The minimum absolute atomic E-state index is 0.0781. The van der Waals surface area contributed by atoms with Gasteiger partial charge in [0.15, 0.2) is 0 Å². The minimum atomic E-state index is -0.625. The molecule has 3 saturated carbocycles. The number of ketones is 1. The van der Waals surface area contributed by atoms with Gasteiger partial charge in [-0.05, 0) is 68.1 Å². The summed E-state index contributed by atoms with van der Waals surface area (Å²) in [7, 11) is 0. The molecule has 3 nitrogen and oxygen atoms in total. The van der Waals surface area contributed by atoms with Crippen molar-refractivity contribution in [3.05, 3.63) is 23.3 Å². The van der Waals surface area contributed by atoms with E-state index in [1.54, 1.807) is 6.08 Å². The van der Waals surface area contributed by atoms with Crippen molar-refractivity contribution >= 4 is 5.78 Å². The molecule has 0 saturated heterocycles. The maximum absolute atomic E-state index is 13.3. The maximum atomic E-state index is 13.3. The van der Waals surface area contributed by atoms with Crippen molar-refractivity contribution in [1.29, 1.82) is 5.26 Å². The predicted molar refractivity (Wildman–Crippen MR) is 96.4 cm³/mol. The van der Waals surface area contributed by atoms with E-state index in [0.717, 1.165) is 32.1 Å². The van der Waals surface area contributed by atoms with E-state index in [4.69, 9.17) is 5.26 Å². The van der Waals surface area contributed by atoms with E-state index in [9.17, 15) is 9.90 Å². The molecule has 25 heavy (non-hydrogen) atoms. The van der Waals surface area contributed by atoms with Crippen LogP contribution in [0.3, 0.4) is 0 Å². The molecule has 0 aliphatic heterocycles. The fraction of sp³-hybridized carbons (Fsp3) is 0.727. The first-order chi connectivity index (χ1) is 11.7. The zero-order valence-electron chi connectivity index (χ0n) is 15.6. The van der Waals surface area contributed by atoms with E-state index >= 15 is 0 Å². The second kappa shape index (κ2) is 5.30. The zero-order valence-corrected chi connectivity index (χ0v) is 15.6. The van der Waals surface area contributed by atoms with Gasteiger partial charge in [-0.15, -0.1) is 0 Å². The first kappa shape index (κ1) is 17.0. The molecule has 3 heteroatoms. The van der Waals surface area contributed by atoms with Gasteiger partial charge in [-0.25, -0.2) is 0 Å². The van der Waals surface area contributed by atoms with Crippen molar-refractivity contribution in [2.45, 2.75) is 71.3 Å². The molecular weight excluding hydrogens is 310 g/mol. The Morgan fingerprint density at radius 1 is 1.24 bits per heavy atom. The molecule has 0 spiro atoms. The molecule has 0 aromatic rings. The normalized spacial score (nSPS) is 50.5. The number of Topliss-reactive ketones (excluding diaryl/α,β-unsaturated/α-hetero) is 1. The summed E-state index contributed by atoms with van der Waals surface area (Å²) < 4.78 is 0. The number of carbonyl (C=O) groups is 1. The summed E-state index contributed by atoms with van der Waals surface area (Å²) in [6.07, 6.45) is 10.1. The highest BCUT2D eigenvalue weighted by Crippen LogP contribution is 2.65. The molecule has 0 heterocycles. The van der Waals surface area contributed by atoms with Gasteiger partial charge in [0.25, 0.3) is 0 Å². The number of hydrogen-bond donors (Lipinski definition) is 1. The standard InChI is InChI=1S/C22H29NO2/c1-20(25)9-10-21(2)15(12-20)4-6-16-17-7-5-14(8-11-23)22(17,3)13-18(24)19(16)21/h4,8,16-17,19,25H,5-7,9-10,12-13H2,1-3H3/b14-8-/t16-,17-,19+,20+,21-,22+/m0/s1. The summed E-state index contributed by atoms with van der Waals surface area (Å²) in [6, 6.07) is 2.20. The molecule has 0 radical (unpaired) electrons. The number of nitriles is 1. The van der Waals surface area contributed by atoms with Crippen LogP contribution < -0.4 is 0 Å². The Labute approximate surface area is 150 Å². The van der Waals surface area contributed by atoms with Crippen LogP contribution in [0.1, 0.15) is 65.7 Å². The van der Waals surface area contributed by atoms with Crippen molar-refractivity contribution in [2.24, 2.45) is 28.6 Å². The topological polar surface area (TPSA) is 61.1 Å². The molecule has 0 unspecified atom stereocenters. The molecule has 0 aromatic heterocycles. The molecule has 134 valence electrons. The molecule has 6 atom stereocenters. The third kappa shape index (κ3) is 2.30. The highest BCUT2D eigenvalue weighted by Gasteiger charge is 2.61. The SMILES string of the molecule is C[C@@]1(O)CC[C@@]2(C)C(=CC[C@@H]3[C@@H]2C(=O)C[C@]2(C)/C(=C\C#N)CC[C@@H]32)C1. The Kier molecular flexibility index (Phi) is 3.61. The smallest absolute Gasteiger partial charge is 0.138 e. The van der Waals surface area contributed by atoms with Gasteiger partial charge in [-0.1, -0.05) is 31.1 Å². The first-order valence-corrected chi connectivity index (χ1v) is 9.75. The molecule has 1 N–H and O–H groups in total. The average Bonchev–Trinajstić information content (AvgIpc) is 2.84. The molecule has 4 rings (SSSR count). The summed E-state index contributed by atoms with van der Waals surface area (Å²) in [4.78, 5) is 13.3. The van der Waals surface area contributed by atoms with E-state index in [0.29, 0.717) is 30.5 Å². The number of carbonyl (C=O) groups excluding carboxylic acids is 1. The Morgan fingerprint density at radius 3 is 2.72 bits per heavy atom. The first-order valence-electron chi connectivity index (χ1n) is 9.75. The van der Waals surface area contributed by atoms with Gasteiger partial charge in [-0.3, -0.25) is 4.79 Å². The molecule has 0 bridgehead atoms. The van der Waals surface area contributed by atoms with Crippen molar-refractivity contribution in [3.8, 4) is 6.07 Å². The largest absolute Gasteiger partial charge is 0.390 e. The van der Waals surface area contributed by atoms with Crippen LogP contribution in [0.25, 0.3) is 0 Å². The lowest BCUT2D eigenvalue weighted by molar-refractivity contribution is -0.142. The van der Waals surface area contributed by atoms with E-state index in [1.165, 1.54) is 11.1 Å². The van der Waals surface area contributed by atoms with E-state index in [-0.39, 0.29) is 16.7 Å². The van der Waals surface area contributed by atoms with Gasteiger partial charge in [0.1, 0.15) is 5.78 Å². The quantitative estimate of drug-likeness (QED) is 0.528.